The number of hydrogen-bond donors (Lipinski definition) is 2. The van der Waals surface area contributed by atoms with Gasteiger partial charge < -0.3 is 11.5 Å². The van der Waals surface area contributed by atoms with Crippen LogP contribution in [0.2, 0.25) is 0 Å². The number of imide groups is 1. The third kappa shape index (κ3) is 1.93. The number of hydrogen-bond acceptors (Lipinski definition) is 4. The van der Waals surface area contributed by atoms with Gasteiger partial charge in [0.25, 0.3) is 11.8 Å². The van der Waals surface area contributed by atoms with Crippen molar-refractivity contribution in [2.24, 2.45) is 5.73 Å². The standard InChI is InChI=1S/C15H11N3O3/c16-9-3-6-11-12(7-9)15(21)18(14(11)20)10-4-1-8(2-5-10)13(17)19/h1-7H,16H2,(H2,17,19). The minimum atomic E-state index is -0.573. The van der Waals surface area contributed by atoms with E-state index in [9.17, 15) is 14.4 Å². The number of carbonyl (C=O) groups is 3. The molecule has 21 heavy (non-hydrogen) atoms. The molecule has 104 valence electrons. The number of fused-ring (bicyclic) bond motifs is 1. The summed E-state index contributed by atoms with van der Waals surface area (Å²) in [6.07, 6.45) is 0. The maximum atomic E-state index is 12.3. The van der Waals surface area contributed by atoms with Crippen molar-refractivity contribution in [3.63, 3.8) is 0 Å². The van der Waals surface area contributed by atoms with E-state index in [1.807, 2.05) is 0 Å². The van der Waals surface area contributed by atoms with Gasteiger partial charge in [0.15, 0.2) is 0 Å². The van der Waals surface area contributed by atoms with Crippen LogP contribution >= 0.6 is 0 Å². The summed E-state index contributed by atoms with van der Waals surface area (Å²) in [6, 6.07) is 10.5. The van der Waals surface area contributed by atoms with E-state index < -0.39 is 17.7 Å². The van der Waals surface area contributed by atoms with Crippen LogP contribution in [0.5, 0.6) is 0 Å². The van der Waals surface area contributed by atoms with E-state index in [-0.39, 0.29) is 5.56 Å². The van der Waals surface area contributed by atoms with Gasteiger partial charge in [0.1, 0.15) is 0 Å². The van der Waals surface area contributed by atoms with Crippen LogP contribution in [0.15, 0.2) is 42.5 Å². The van der Waals surface area contributed by atoms with E-state index >= 15 is 0 Å². The van der Waals surface area contributed by atoms with Crippen molar-refractivity contribution in [2.75, 3.05) is 10.6 Å². The van der Waals surface area contributed by atoms with Gasteiger partial charge >= 0.3 is 0 Å². The Morgan fingerprint density at radius 2 is 1.52 bits per heavy atom. The van der Waals surface area contributed by atoms with Crippen molar-refractivity contribution < 1.29 is 14.4 Å². The van der Waals surface area contributed by atoms with E-state index in [0.717, 1.165) is 4.90 Å². The molecule has 0 aromatic heterocycles. The summed E-state index contributed by atoms with van der Waals surface area (Å²) in [4.78, 5) is 36.7. The molecule has 0 saturated carbocycles. The van der Waals surface area contributed by atoms with Crippen molar-refractivity contribution in [1.29, 1.82) is 0 Å². The Kier molecular flexibility index (Phi) is 2.72. The van der Waals surface area contributed by atoms with Crippen molar-refractivity contribution in [2.45, 2.75) is 0 Å². The first-order valence-corrected chi connectivity index (χ1v) is 6.17. The summed E-state index contributed by atoms with van der Waals surface area (Å²) < 4.78 is 0. The molecular formula is C15H11N3O3. The van der Waals surface area contributed by atoms with Gasteiger partial charge in [0.05, 0.1) is 16.8 Å². The fourth-order valence-electron chi connectivity index (χ4n) is 2.27. The Labute approximate surface area is 120 Å². The molecule has 1 aliphatic heterocycles. The molecule has 4 N–H and O–H groups in total. The third-order valence-corrected chi connectivity index (χ3v) is 3.32. The van der Waals surface area contributed by atoms with Crippen molar-refractivity contribution in [3.8, 4) is 0 Å². The molecule has 0 bridgehead atoms. The average molecular weight is 281 g/mol. The zero-order valence-corrected chi connectivity index (χ0v) is 10.9. The highest BCUT2D eigenvalue weighted by Crippen LogP contribution is 2.29. The van der Waals surface area contributed by atoms with Crippen molar-refractivity contribution >= 4 is 29.1 Å². The number of benzene rings is 2. The predicted octanol–water partition coefficient (Wildman–Crippen LogP) is 1.17. The van der Waals surface area contributed by atoms with E-state index in [4.69, 9.17) is 11.5 Å². The SMILES string of the molecule is NC(=O)c1ccc(N2C(=O)c3ccc(N)cc3C2=O)cc1. The van der Waals surface area contributed by atoms with E-state index in [1.54, 1.807) is 6.07 Å². The molecule has 3 amide bonds. The Hall–Kier alpha value is -3.15. The van der Waals surface area contributed by atoms with Crippen LogP contribution in [0, 0.1) is 0 Å². The summed E-state index contributed by atoms with van der Waals surface area (Å²) in [7, 11) is 0. The molecular weight excluding hydrogens is 270 g/mol. The Bertz CT molecular complexity index is 781. The monoisotopic (exact) mass is 281 g/mol. The average Bonchev–Trinajstić information content (AvgIpc) is 2.70. The van der Waals surface area contributed by atoms with Gasteiger partial charge in [-0.05, 0) is 42.5 Å². The lowest BCUT2D eigenvalue weighted by atomic mass is 10.1. The van der Waals surface area contributed by atoms with Crippen molar-refractivity contribution in [3.05, 3.63) is 59.2 Å². The van der Waals surface area contributed by atoms with Gasteiger partial charge in [0, 0.05) is 11.3 Å². The fourth-order valence-corrected chi connectivity index (χ4v) is 2.27. The number of amides is 3. The first kappa shape index (κ1) is 12.9. The first-order chi connectivity index (χ1) is 9.99. The second-order valence-electron chi connectivity index (χ2n) is 4.66. The highest BCUT2D eigenvalue weighted by atomic mass is 16.2. The number of nitrogens with zero attached hydrogens (tertiary/aromatic N) is 1. The Morgan fingerprint density at radius 1 is 0.905 bits per heavy atom. The topological polar surface area (TPSA) is 106 Å². The first-order valence-electron chi connectivity index (χ1n) is 6.17. The zero-order chi connectivity index (χ0) is 15.1. The molecule has 0 unspecified atom stereocenters. The van der Waals surface area contributed by atoms with Gasteiger partial charge in [-0.3, -0.25) is 14.4 Å². The lowest BCUT2D eigenvalue weighted by Gasteiger charge is -2.13. The van der Waals surface area contributed by atoms with E-state index in [1.165, 1.54) is 36.4 Å². The number of rotatable bonds is 2. The summed E-state index contributed by atoms with van der Waals surface area (Å²) in [6.45, 7) is 0. The maximum Gasteiger partial charge on any atom is 0.266 e. The minimum absolute atomic E-state index is 0.277. The minimum Gasteiger partial charge on any atom is -0.399 e. The summed E-state index contributed by atoms with van der Waals surface area (Å²) in [5.74, 6) is -1.42. The Balaban J connectivity index is 2.03. The van der Waals surface area contributed by atoms with E-state index in [0.29, 0.717) is 22.5 Å². The zero-order valence-electron chi connectivity index (χ0n) is 10.9. The fraction of sp³-hybridized carbons (Fsp3) is 0. The maximum absolute atomic E-state index is 12.3. The highest BCUT2D eigenvalue weighted by molar-refractivity contribution is 6.34. The smallest absolute Gasteiger partial charge is 0.266 e. The molecule has 0 atom stereocenters. The molecule has 0 saturated heterocycles. The summed E-state index contributed by atoms with van der Waals surface area (Å²) in [5.41, 5.74) is 12.5. The highest BCUT2D eigenvalue weighted by Gasteiger charge is 2.36. The second-order valence-corrected chi connectivity index (χ2v) is 4.66. The summed E-state index contributed by atoms with van der Waals surface area (Å²) in [5, 5.41) is 0. The van der Waals surface area contributed by atoms with Gasteiger partial charge in [-0.25, -0.2) is 4.90 Å². The molecule has 1 aliphatic rings. The number of anilines is 2. The van der Waals surface area contributed by atoms with E-state index in [2.05, 4.69) is 0 Å². The number of nitrogens with two attached hydrogens (primary N) is 2. The lowest BCUT2D eigenvalue weighted by molar-refractivity contribution is 0.0925. The van der Waals surface area contributed by atoms with Gasteiger partial charge in [-0.2, -0.15) is 0 Å². The normalized spacial score (nSPS) is 13.4. The van der Waals surface area contributed by atoms with Gasteiger partial charge in [-0.15, -0.1) is 0 Å². The van der Waals surface area contributed by atoms with Gasteiger partial charge in [-0.1, -0.05) is 0 Å². The van der Waals surface area contributed by atoms with Crippen molar-refractivity contribution in [1.82, 2.24) is 0 Å². The molecule has 2 aromatic rings. The van der Waals surface area contributed by atoms with Crippen LogP contribution in [0.1, 0.15) is 31.1 Å². The molecule has 0 radical (unpaired) electrons. The van der Waals surface area contributed by atoms with Crippen LogP contribution in [-0.4, -0.2) is 17.7 Å². The predicted molar refractivity (Wildman–Crippen MR) is 77.0 cm³/mol. The van der Waals surface area contributed by atoms with Crippen LogP contribution in [0.3, 0.4) is 0 Å². The van der Waals surface area contributed by atoms with Crippen LogP contribution < -0.4 is 16.4 Å². The quantitative estimate of drug-likeness (QED) is 0.636. The molecule has 2 aromatic carbocycles. The lowest BCUT2D eigenvalue weighted by Crippen LogP contribution is -2.29. The van der Waals surface area contributed by atoms with Gasteiger partial charge in [0.2, 0.25) is 5.91 Å². The van der Waals surface area contributed by atoms with Crippen LogP contribution in [0.25, 0.3) is 0 Å². The number of nitrogen functional groups attached to an aromatic ring is 1. The van der Waals surface area contributed by atoms with Crippen LogP contribution in [-0.2, 0) is 0 Å². The second kappa shape index (κ2) is 4.45. The molecule has 0 fully saturated rings. The third-order valence-electron chi connectivity index (χ3n) is 3.32. The number of carbonyl (C=O) groups excluding carboxylic acids is 3. The largest absolute Gasteiger partial charge is 0.399 e. The molecule has 0 spiro atoms. The molecule has 0 aliphatic carbocycles. The summed E-state index contributed by atoms with van der Waals surface area (Å²) >= 11 is 0. The molecule has 6 nitrogen and oxygen atoms in total. The molecule has 1 heterocycles. The van der Waals surface area contributed by atoms with Crippen LogP contribution in [0.4, 0.5) is 11.4 Å². The molecule has 6 heteroatoms. The molecule has 3 rings (SSSR count). The Morgan fingerprint density at radius 3 is 2.14 bits per heavy atom. The number of primary amides is 1.